The van der Waals surface area contributed by atoms with Gasteiger partial charge >= 0.3 is 5.97 Å². The van der Waals surface area contributed by atoms with Crippen LogP contribution in [0.3, 0.4) is 0 Å². The van der Waals surface area contributed by atoms with Crippen molar-refractivity contribution in [3.63, 3.8) is 0 Å². The molecule has 0 radical (unpaired) electrons. The van der Waals surface area contributed by atoms with Crippen molar-refractivity contribution in [3.8, 4) is 5.88 Å². The van der Waals surface area contributed by atoms with E-state index in [1.165, 1.54) is 16.9 Å². The average molecular weight is 439 g/mol. The van der Waals surface area contributed by atoms with E-state index >= 15 is 0 Å². The molecule has 0 aromatic carbocycles. The monoisotopic (exact) mass is 438 g/mol. The molecule has 0 fully saturated rings. The average Bonchev–Trinajstić information content (AvgIpc) is 3.26. The molecule has 162 valence electrons. The summed E-state index contributed by atoms with van der Waals surface area (Å²) < 4.78 is 5.10. The minimum atomic E-state index is -0.857. The summed E-state index contributed by atoms with van der Waals surface area (Å²) in [6, 6.07) is 7.91. The van der Waals surface area contributed by atoms with Gasteiger partial charge in [-0.3, -0.25) is 4.79 Å². The number of carboxylic acids is 1. The van der Waals surface area contributed by atoms with Crippen molar-refractivity contribution in [1.82, 2.24) is 15.0 Å². The van der Waals surface area contributed by atoms with Gasteiger partial charge in [-0.1, -0.05) is 12.1 Å². The molecule has 4 heterocycles. The van der Waals surface area contributed by atoms with Gasteiger partial charge in [0.2, 0.25) is 5.88 Å². The number of hydrogen-bond acceptors (Lipinski definition) is 7. The third kappa shape index (κ3) is 5.38. The van der Waals surface area contributed by atoms with E-state index in [0.29, 0.717) is 5.88 Å². The molecule has 1 aliphatic heterocycles. The number of anilines is 1. The molecule has 8 heteroatoms. The highest BCUT2D eigenvalue weighted by molar-refractivity contribution is 7.09. The minimum Gasteiger partial charge on any atom is -0.481 e. The molecule has 0 bridgehead atoms. The summed E-state index contributed by atoms with van der Waals surface area (Å²) in [7, 11) is 1.56. The van der Waals surface area contributed by atoms with Crippen LogP contribution in [0.5, 0.6) is 5.88 Å². The summed E-state index contributed by atoms with van der Waals surface area (Å²) in [5.41, 5.74) is 4.22. The van der Waals surface area contributed by atoms with Crippen LogP contribution in [0.15, 0.2) is 35.8 Å². The van der Waals surface area contributed by atoms with Crippen molar-refractivity contribution in [2.24, 2.45) is 0 Å². The fraction of sp³-hybridized carbons (Fsp3) is 0.391. The summed E-state index contributed by atoms with van der Waals surface area (Å²) >= 11 is 1.51. The number of carboxylic acid groups (broad SMARTS) is 1. The maximum Gasteiger partial charge on any atom is 0.304 e. The van der Waals surface area contributed by atoms with E-state index in [1.807, 2.05) is 11.4 Å². The number of hydrogen-bond donors (Lipinski definition) is 2. The number of thiazole rings is 1. The van der Waals surface area contributed by atoms with Crippen LogP contribution in [-0.4, -0.2) is 39.7 Å². The van der Waals surface area contributed by atoms with Crippen molar-refractivity contribution in [1.29, 1.82) is 0 Å². The summed E-state index contributed by atoms with van der Waals surface area (Å²) in [4.78, 5) is 25.2. The lowest BCUT2D eigenvalue weighted by Crippen LogP contribution is -2.14. The number of ether oxygens (including phenoxy) is 1. The van der Waals surface area contributed by atoms with Crippen LogP contribution in [0.4, 0.5) is 5.82 Å². The topological polar surface area (TPSA) is 97.2 Å². The molecule has 1 aliphatic rings. The van der Waals surface area contributed by atoms with Crippen molar-refractivity contribution < 1.29 is 14.6 Å². The Labute approximate surface area is 185 Å². The Morgan fingerprint density at radius 1 is 1.23 bits per heavy atom. The van der Waals surface area contributed by atoms with Crippen LogP contribution in [0, 0.1) is 0 Å². The summed E-state index contributed by atoms with van der Waals surface area (Å²) in [5.74, 6) is 0.362. The number of nitrogens with one attached hydrogen (secondary N) is 1. The van der Waals surface area contributed by atoms with Gasteiger partial charge in [-0.15, -0.1) is 11.3 Å². The lowest BCUT2D eigenvalue weighted by Gasteiger charge is -2.17. The molecule has 0 amide bonds. The molecule has 2 N–H and O–H groups in total. The lowest BCUT2D eigenvalue weighted by molar-refractivity contribution is -0.137. The molecule has 7 nitrogen and oxygen atoms in total. The zero-order chi connectivity index (χ0) is 21.6. The summed E-state index contributed by atoms with van der Waals surface area (Å²) in [5, 5.41) is 15.6. The van der Waals surface area contributed by atoms with E-state index in [9.17, 15) is 9.90 Å². The Morgan fingerprint density at radius 2 is 2.10 bits per heavy atom. The first-order chi connectivity index (χ1) is 15.1. The third-order valence-electron chi connectivity index (χ3n) is 5.43. The molecule has 0 unspecified atom stereocenters. The standard InChI is InChI=1S/C23H26N4O3S/c1-30-20-10-8-16(13-25-20)19(12-21(28)29)23-27-18(14-31-23)6-2-5-17-9-7-15-4-3-11-24-22(15)26-17/h7-10,13-14,19H,2-6,11-12H2,1H3,(H,24,26)(H,28,29)/t19-/m1/s1. The number of carbonyl (C=O) groups is 1. The second-order valence-corrected chi connectivity index (χ2v) is 8.55. The molecule has 3 aromatic rings. The number of aliphatic carboxylic acids is 1. The number of aromatic nitrogens is 3. The Hall–Kier alpha value is -3.00. The fourth-order valence-electron chi connectivity index (χ4n) is 3.80. The van der Waals surface area contributed by atoms with Crippen LogP contribution in [0.25, 0.3) is 0 Å². The predicted molar refractivity (Wildman–Crippen MR) is 120 cm³/mol. The van der Waals surface area contributed by atoms with Crippen molar-refractivity contribution >= 4 is 23.1 Å². The SMILES string of the molecule is COc1ccc([C@@H](CC(=O)O)c2nc(CCCc3ccc4c(n3)NCCC4)cs2)cn1. The third-order valence-corrected chi connectivity index (χ3v) is 6.44. The Kier molecular flexibility index (Phi) is 6.76. The van der Waals surface area contributed by atoms with Gasteiger partial charge in [-0.25, -0.2) is 15.0 Å². The van der Waals surface area contributed by atoms with Crippen molar-refractivity contribution in [2.75, 3.05) is 19.0 Å². The van der Waals surface area contributed by atoms with Gasteiger partial charge in [0.1, 0.15) is 10.8 Å². The lowest BCUT2D eigenvalue weighted by atomic mass is 9.98. The maximum atomic E-state index is 11.4. The molecule has 1 atom stereocenters. The van der Waals surface area contributed by atoms with Crippen molar-refractivity contribution in [2.45, 2.75) is 44.4 Å². The van der Waals surface area contributed by atoms with Crippen LogP contribution in [0.2, 0.25) is 0 Å². The first-order valence-electron chi connectivity index (χ1n) is 10.5. The second kappa shape index (κ2) is 9.87. The van der Waals surface area contributed by atoms with E-state index in [2.05, 4.69) is 22.4 Å². The molecule has 0 saturated carbocycles. The molecular formula is C23H26N4O3S. The van der Waals surface area contributed by atoms with Crippen LogP contribution >= 0.6 is 11.3 Å². The number of rotatable bonds is 9. The highest BCUT2D eigenvalue weighted by atomic mass is 32.1. The van der Waals surface area contributed by atoms with Crippen molar-refractivity contribution in [3.05, 3.63) is 63.4 Å². The number of pyridine rings is 2. The number of nitrogens with zero attached hydrogens (tertiary/aromatic N) is 3. The molecule has 0 aliphatic carbocycles. The largest absolute Gasteiger partial charge is 0.481 e. The first kappa shape index (κ1) is 21.2. The van der Waals surface area contributed by atoms with Gasteiger partial charge in [-0.2, -0.15) is 0 Å². The van der Waals surface area contributed by atoms with Crippen LogP contribution in [0.1, 0.15) is 52.7 Å². The highest BCUT2D eigenvalue weighted by Crippen LogP contribution is 2.31. The maximum absolute atomic E-state index is 11.4. The van der Waals surface area contributed by atoms with E-state index in [1.54, 1.807) is 19.4 Å². The minimum absolute atomic E-state index is 0.0208. The van der Waals surface area contributed by atoms with E-state index in [-0.39, 0.29) is 12.3 Å². The van der Waals surface area contributed by atoms with Crippen LogP contribution < -0.4 is 10.1 Å². The Balaban J connectivity index is 1.40. The number of aryl methyl sites for hydroxylation is 3. The normalized spacial score (nSPS) is 13.8. The zero-order valence-corrected chi connectivity index (χ0v) is 18.3. The van der Waals surface area contributed by atoms with Crippen LogP contribution in [-0.2, 0) is 24.1 Å². The van der Waals surface area contributed by atoms with Gasteiger partial charge < -0.3 is 15.2 Å². The molecule has 0 spiro atoms. The fourth-order valence-corrected chi connectivity index (χ4v) is 4.78. The predicted octanol–water partition coefficient (Wildman–Crippen LogP) is 4.08. The number of methoxy groups -OCH3 is 1. The second-order valence-electron chi connectivity index (χ2n) is 7.66. The Morgan fingerprint density at radius 3 is 2.87 bits per heavy atom. The van der Waals surface area contributed by atoms with E-state index in [0.717, 1.165) is 66.4 Å². The highest BCUT2D eigenvalue weighted by Gasteiger charge is 2.22. The molecule has 3 aromatic heterocycles. The zero-order valence-electron chi connectivity index (χ0n) is 17.5. The number of fused-ring (bicyclic) bond motifs is 1. The summed E-state index contributed by atoms with van der Waals surface area (Å²) in [6.45, 7) is 0.992. The molecule has 4 rings (SSSR count). The summed E-state index contributed by atoms with van der Waals surface area (Å²) in [6.07, 6.45) is 6.58. The molecule has 31 heavy (non-hydrogen) atoms. The first-order valence-corrected chi connectivity index (χ1v) is 11.4. The van der Waals surface area contributed by atoms with E-state index < -0.39 is 5.97 Å². The molecule has 0 saturated heterocycles. The van der Waals surface area contributed by atoms with Gasteiger partial charge in [-0.05, 0) is 49.3 Å². The van der Waals surface area contributed by atoms with Gasteiger partial charge in [0, 0.05) is 35.8 Å². The molecular weight excluding hydrogens is 412 g/mol. The smallest absolute Gasteiger partial charge is 0.304 e. The van der Waals surface area contributed by atoms with E-state index in [4.69, 9.17) is 14.7 Å². The van der Waals surface area contributed by atoms with Gasteiger partial charge in [0.05, 0.1) is 19.2 Å². The van der Waals surface area contributed by atoms with Gasteiger partial charge in [0.25, 0.3) is 0 Å². The Bertz CT molecular complexity index is 1040. The quantitative estimate of drug-likeness (QED) is 0.519. The van der Waals surface area contributed by atoms with Gasteiger partial charge in [0.15, 0.2) is 0 Å².